The number of fused-ring (bicyclic) bond motifs is 2. The highest BCUT2D eigenvalue weighted by Gasteiger charge is 2.31. The average molecular weight is 414 g/mol. The second-order valence-corrected chi connectivity index (χ2v) is 9.35. The third kappa shape index (κ3) is 3.08. The molecule has 0 aliphatic carbocycles. The van der Waals surface area contributed by atoms with E-state index in [1.807, 2.05) is 19.1 Å². The summed E-state index contributed by atoms with van der Waals surface area (Å²) in [5.74, 6) is 0.706. The summed E-state index contributed by atoms with van der Waals surface area (Å²) in [5.41, 5.74) is 2.91. The van der Waals surface area contributed by atoms with E-state index in [0.29, 0.717) is 30.0 Å². The van der Waals surface area contributed by atoms with Crippen LogP contribution in [-0.2, 0) is 16.4 Å². The minimum absolute atomic E-state index is 0.225. The van der Waals surface area contributed by atoms with E-state index >= 15 is 0 Å². The van der Waals surface area contributed by atoms with E-state index in [1.165, 1.54) is 24.5 Å². The van der Waals surface area contributed by atoms with E-state index < -0.39 is 10.0 Å². The summed E-state index contributed by atoms with van der Waals surface area (Å²) in [6.07, 6.45) is 0.588. The lowest BCUT2D eigenvalue weighted by Crippen LogP contribution is -2.29. The number of furan rings is 1. The Balaban J connectivity index is 1.71. The molecule has 0 N–H and O–H groups in total. The molecule has 2 heterocycles. The lowest BCUT2D eigenvalue weighted by atomic mass is 10.1. The maximum atomic E-state index is 13.2. The van der Waals surface area contributed by atoms with Gasteiger partial charge in [-0.25, -0.2) is 12.7 Å². The number of benzene rings is 2. The Kier molecular flexibility index (Phi) is 4.63. The van der Waals surface area contributed by atoms with Crippen LogP contribution in [0.25, 0.3) is 11.0 Å². The molecule has 7 nitrogen and oxygen atoms in total. The molecule has 0 saturated heterocycles. The molecule has 0 bridgehead atoms. The number of anilines is 1. The van der Waals surface area contributed by atoms with Crippen molar-refractivity contribution in [2.24, 2.45) is 0 Å². The molecule has 0 radical (unpaired) electrons. The highest BCUT2D eigenvalue weighted by molar-refractivity contribution is 7.89. The number of ether oxygens (including phenoxy) is 1. The summed E-state index contributed by atoms with van der Waals surface area (Å²) in [6, 6.07) is 10.3. The van der Waals surface area contributed by atoms with Crippen molar-refractivity contribution in [1.82, 2.24) is 4.31 Å². The molecule has 0 fully saturated rings. The van der Waals surface area contributed by atoms with Crippen LogP contribution in [0.4, 0.5) is 5.69 Å². The largest absolute Gasteiger partial charge is 0.497 e. The number of methoxy groups -OCH3 is 1. The SMILES string of the molecule is COc1ccc2c(C)c(C(=O)N3CCc4cc(S(=O)(=O)N(C)C)ccc43)oc2c1. The van der Waals surface area contributed by atoms with Gasteiger partial charge >= 0.3 is 0 Å². The number of carbonyl (C=O) groups excluding carboxylic acids is 1. The molecule has 8 heteroatoms. The van der Waals surface area contributed by atoms with Crippen molar-refractivity contribution in [2.45, 2.75) is 18.2 Å². The van der Waals surface area contributed by atoms with Gasteiger partial charge in [-0.05, 0) is 49.2 Å². The number of sulfonamides is 1. The van der Waals surface area contributed by atoms with Gasteiger partial charge in [-0.15, -0.1) is 0 Å². The Morgan fingerprint density at radius 1 is 1.17 bits per heavy atom. The number of hydrogen-bond acceptors (Lipinski definition) is 5. The molecule has 152 valence electrons. The Morgan fingerprint density at radius 3 is 2.62 bits per heavy atom. The predicted molar refractivity (Wildman–Crippen MR) is 110 cm³/mol. The van der Waals surface area contributed by atoms with Gasteiger partial charge in [0, 0.05) is 43.3 Å². The van der Waals surface area contributed by atoms with Gasteiger partial charge < -0.3 is 14.1 Å². The lowest BCUT2D eigenvalue weighted by Gasteiger charge is -2.17. The van der Waals surface area contributed by atoms with Gasteiger partial charge in [0.25, 0.3) is 5.91 Å². The lowest BCUT2D eigenvalue weighted by molar-refractivity contribution is 0.0964. The molecule has 2 aromatic carbocycles. The number of aryl methyl sites for hydroxylation is 1. The summed E-state index contributed by atoms with van der Waals surface area (Å²) in [4.78, 5) is 15.1. The summed E-state index contributed by atoms with van der Waals surface area (Å²) in [7, 11) is 1.05. The van der Waals surface area contributed by atoms with Crippen molar-refractivity contribution in [3.8, 4) is 5.75 Å². The molecule has 1 aromatic heterocycles. The molecule has 4 rings (SSSR count). The Bertz CT molecular complexity index is 1230. The van der Waals surface area contributed by atoms with Crippen LogP contribution < -0.4 is 9.64 Å². The van der Waals surface area contributed by atoms with Gasteiger partial charge in [0.1, 0.15) is 11.3 Å². The third-order valence-corrected chi connectivity index (χ3v) is 7.12. The Labute approximate surface area is 169 Å². The van der Waals surface area contributed by atoms with Crippen molar-refractivity contribution in [3.05, 3.63) is 53.3 Å². The standard InChI is InChI=1S/C21H22N2O5S/c1-13-17-7-5-15(27-4)12-19(17)28-20(13)21(24)23-10-9-14-11-16(6-8-18(14)23)29(25,26)22(2)3/h5-8,11-12H,9-10H2,1-4H3. The van der Waals surface area contributed by atoms with Gasteiger partial charge in [0.15, 0.2) is 5.76 Å². The first kappa shape index (κ1) is 19.5. The second kappa shape index (κ2) is 6.89. The number of nitrogens with zero attached hydrogens (tertiary/aromatic N) is 2. The zero-order chi connectivity index (χ0) is 20.9. The van der Waals surface area contributed by atoms with Gasteiger partial charge in [0.2, 0.25) is 10.0 Å². The molecular formula is C21H22N2O5S. The molecule has 0 spiro atoms. The topological polar surface area (TPSA) is 80.1 Å². The minimum Gasteiger partial charge on any atom is -0.497 e. The normalized spacial score (nSPS) is 13.9. The Morgan fingerprint density at radius 2 is 1.93 bits per heavy atom. The zero-order valence-electron chi connectivity index (χ0n) is 16.7. The van der Waals surface area contributed by atoms with Crippen LogP contribution in [0.5, 0.6) is 5.75 Å². The van der Waals surface area contributed by atoms with Crippen molar-refractivity contribution in [2.75, 3.05) is 32.6 Å². The van der Waals surface area contributed by atoms with Crippen molar-refractivity contribution < 1.29 is 22.4 Å². The minimum atomic E-state index is -3.52. The monoisotopic (exact) mass is 414 g/mol. The van der Waals surface area contributed by atoms with E-state index in [4.69, 9.17) is 9.15 Å². The van der Waals surface area contributed by atoms with Gasteiger partial charge in [-0.3, -0.25) is 4.79 Å². The van der Waals surface area contributed by atoms with Gasteiger partial charge in [0.05, 0.1) is 12.0 Å². The molecule has 29 heavy (non-hydrogen) atoms. The maximum absolute atomic E-state index is 13.2. The van der Waals surface area contributed by atoms with E-state index in [9.17, 15) is 13.2 Å². The zero-order valence-corrected chi connectivity index (χ0v) is 17.5. The Hall–Kier alpha value is -2.84. The summed E-state index contributed by atoms with van der Waals surface area (Å²) >= 11 is 0. The van der Waals surface area contributed by atoms with Crippen LogP contribution in [0.15, 0.2) is 45.7 Å². The number of hydrogen-bond donors (Lipinski definition) is 0. The number of amides is 1. The van der Waals surface area contributed by atoms with Crippen molar-refractivity contribution in [1.29, 1.82) is 0 Å². The summed E-state index contributed by atoms with van der Waals surface area (Å²) in [6.45, 7) is 2.33. The highest BCUT2D eigenvalue weighted by Crippen LogP contribution is 2.34. The van der Waals surface area contributed by atoms with Crippen LogP contribution >= 0.6 is 0 Å². The number of rotatable bonds is 4. The quantitative estimate of drug-likeness (QED) is 0.655. The number of carbonyl (C=O) groups is 1. The maximum Gasteiger partial charge on any atom is 0.294 e. The first-order chi connectivity index (χ1) is 13.7. The first-order valence-electron chi connectivity index (χ1n) is 9.18. The first-order valence-corrected chi connectivity index (χ1v) is 10.6. The molecule has 1 amide bonds. The average Bonchev–Trinajstić information content (AvgIpc) is 3.27. The highest BCUT2D eigenvalue weighted by atomic mass is 32.2. The summed E-state index contributed by atoms with van der Waals surface area (Å²) in [5, 5.41) is 0.862. The van der Waals surface area contributed by atoms with Crippen LogP contribution in [0.3, 0.4) is 0 Å². The molecule has 0 saturated carbocycles. The molecule has 0 atom stereocenters. The molecule has 1 aliphatic rings. The molecule has 1 aliphatic heterocycles. The van der Waals surface area contributed by atoms with Crippen molar-refractivity contribution in [3.63, 3.8) is 0 Å². The third-order valence-electron chi connectivity index (χ3n) is 5.31. The van der Waals surface area contributed by atoms with E-state index in [0.717, 1.165) is 16.5 Å². The molecule has 0 unspecified atom stereocenters. The molecular weight excluding hydrogens is 392 g/mol. The fourth-order valence-corrected chi connectivity index (χ4v) is 4.57. The van der Waals surface area contributed by atoms with E-state index in [1.54, 1.807) is 30.2 Å². The predicted octanol–water partition coefficient (Wildman–Crippen LogP) is 3.20. The van der Waals surface area contributed by atoms with E-state index in [-0.39, 0.29) is 16.6 Å². The van der Waals surface area contributed by atoms with Gasteiger partial charge in [-0.1, -0.05) is 0 Å². The summed E-state index contributed by atoms with van der Waals surface area (Å²) < 4.78 is 37.0. The fourth-order valence-electron chi connectivity index (χ4n) is 3.62. The smallest absolute Gasteiger partial charge is 0.294 e. The van der Waals surface area contributed by atoms with Crippen LogP contribution in [-0.4, -0.2) is 46.4 Å². The van der Waals surface area contributed by atoms with Crippen LogP contribution in [0, 0.1) is 6.92 Å². The van der Waals surface area contributed by atoms with Crippen LogP contribution in [0.2, 0.25) is 0 Å². The van der Waals surface area contributed by atoms with Gasteiger partial charge in [-0.2, -0.15) is 0 Å². The fraction of sp³-hybridized carbons (Fsp3) is 0.286. The van der Waals surface area contributed by atoms with Crippen LogP contribution in [0.1, 0.15) is 21.7 Å². The van der Waals surface area contributed by atoms with Crippen molar-refractivity contribution >= 4 is 32.6 Å². The molecule has 3 aromatic rings. The second-order valence-electron chi connectivity index (χ2n) is 7.20. The van der Waals surface area contributed by atoms with E-state index in [2.05, 4.69) is 0 Å².